The van der Waals surface area contributed by atoms with Gasteiger partial charge in [0.25, 0.3) is 5.89 Å². The molecule has 0 spiro atoms. The lowest BCUT2D eigenvalue weighted by Gasteiger charge is -2.36. The van der Waals surface area contributed by atoms with Gasteiger partial charge in [-0.3, -0.25) is 0 Å². The molecule has 0 saturated carbocycles. The number of hydrogen-bond acceptors (Lipinski definition) is 6. The van der Waals surface area contributed by atoms with E-state index in [4.69, 9.17) is 9.26 Å². The lowest BCUT2D eigenvalue weighted by Crippen LogP contribution is -2.50. The molecule has 7 nitrogen and oxygen atoms in total. The van der Waals surface area contributed by atoms with Crippen molar-refractivity contribution in [3.8, 4) is 22.8 Å². The summed E-state index contributed by atoms with van der Waals surface area (Å²) in [5.41, 5.74) is 0.557. The molecule has 0 radical (unpaired) electrons. The molecule has 0 atom stereocenters. The fourth-order valence-corrected chi connectivity index (χ4v) is 3.58. The second-order valence-corrected chi connectivity index (χ2v) is 9.00. The van der Waals surface area contributed by atoms with Crippen LogP contribution in [0.4, 0.5) is 23.7 Å². The molecule has 1 aliphatic rings. The lowest BCUT2D eigenvalue weighted by atomic mass is 10.1. The molecule has 0 aliphatic carbocycles. The number of hydrogen-bond donors (Lipinski definition) is 0. The number of carbonyl (C=O) groups is 1. The molecule has 180 valence electrons. The topological polar surface area (TPSA) is 71.7 Å². The van der Waals surface area contributed by atoms with E-state index in [0.717, 1.165) is 17.8 Å². The molecule has 2 heterocycles. The number of aromatic nitrogens is 2. The molecule has 1 amide bonds. The van der Waals surface area contributed by atoms with E-state index in [2.05, 4.69) is 15.0 Å². The summed E-state index contributed by atoms with van der Waals surface area (Å²) in [6, 6.07) is 12.3. The van der Waals surface area contributed by atoms with Gasteiger partial charge in [0.1, 0.15) is 5.60 Å². The molecule has 0 N–H and O–H groups in total. The van der Waals surface area contributed by atoms with E-state index >= 15 is 0 Å². The van der Waals surface area contributed by atoms with Crippen LogP contribution < -0.4 is 4.90 Å². The molecular formula is C24H25F3N4O3. The summed E-state index contributed by atoms with van der Waals surface area (Å²) in [5.74, 6) is 0.303. The fourth-order valence-electron chi connectivity index (χ4n) is 3.58. The Hall–Kier alpha value is -3.56. The van der Waals surface area contributed by atoms with Crippen molar-refractivity contribution in [1.29, 1.82) is 0 Å². The van der Waals surface area contributed by atoms with Crippen LogP contribution in [0.1, 0.15) is 26.3 Å². The zero-order valence-corrected chi connectivity index (χ0v) is 19.1. The Bertz CT molecular complexity index is 1150. The average molecular weight is 474 g/mol. The Balaban J connectivity index is 1.41. The Labute approximate surface area is 195 Å². The third-order valence-electron chi connectivity index (χ3n) is 5.28. The third kappa shape index (κ3) is 5.49. The van der Waals surface area contributed by atoms with Crippen LogP contribution in [-0.4, -0.2) is 52.9 Å². The first-order valence-corrected chi connectivity index (χ1v) is 10.8. The Morgan fingerprint density at radius 2 is 1.65 bits per heavy atom. The molecule has 2 aromatic carbocycles. The largest absolute Gasteiger partial charge is 0.444 e. The summed E-state index contributed by atoms with van der Waals surface area (Å²) < 4.78 is 49.6. The molecule has 34 heavy (non-hydrogen) atoms. The van der Waals surface area contributed by atoms with Gasteiger partial charge in [0, 0.05) is 43.0 Å². The smallest absolute Gasteiger partial charge is 0.416 e. The van der Waals surface area contributed by atoms with Crippen LogP contribution in [-0.2, 0) is 10.9 Å². The summed E-state index contributed by atoms with van der Waals surface area (Å²) >= 11 is 0. The van der Waals surface area contributed by atoms with Crippen LogP contribution in [0.5, 0.6) is 0 Å². The second-order valence-electron chi connectivity index (χ2n) is 9.00. The van der Waals surface area contributed by atoms with Crippen LogP contribution in [0.15, 0.2) is 53.1 Å². The van der Waals surface area contributed by atoms with Crippen molar-refractivity contribution >= 4 is 11.8 Å². The van der Waals surface area contributed by atoms with E-state index < -0.39 is 17.3 Å². The molecule has 1 saturated heterocycles. The van der Waals surface area contributed by atoms with E-state index in [9.17, 15) is 18.0 Å². The minimum Gasteiger partial charge on any atom is -0.444 e. The van der Waals surface area contributed by atoms with E-state index in [1.165, 1.54) is 12.1 Å². The van der Waals surface area contributed by atoms with Gasteiger partial charge in [0.15, 0.2) is 0 Å². The Morgan fingerprint density at radius 3 is 2.26 bits per heavy atom. The Kier molecular flexibility index (Phi) is 6.24. The zero-order chi connectivity index (χ0) is 24.5. The van der Waals surface area contributed by atoms with Crippen LogP contribution in [0.2, 0.25) is 0 Å². The van der Waals surface area contributed by atoms with Gasteiger partial charge in [-0.15, -0.1) is 0 Å². The van der Waals surface area contributed by atoms with E-state index in [-0.39, 0.29) is 23.4 Å². The predicted molar refractivity (Wildman–Crippen MR) is 120 cm³/mol. The molecule has 3 aromatic rings. The SMILES string of the molecule is CC(C)(C)OC(=O)N1CCN(c2ccc(-c3noc(-c4cccc(C(F)(F)F)c4)n3)cc2)CC1. The van der Waals surface area contributed by atoms with Gasteiger partial charge in [-0.05, 0) is 63.2 Å². The number of benzene rings is 2. The van der Waals surface area contributed by atoms with Gasteiger partial charge in [0.05, 0.1) is 5.56 Å². The minimum atomic E-state index is -4.45. The average Bonchev–Trinajstić information content (AvgIpc) is 3.28. The first-order chi connectivity index (χ1) is 16.0. The number of anilines is 1. The van der Waals surface area contributed by atoms with Gasteiger partial charge in [-0.1, -0.05) is 11.2 Å². The zero-order valence-electron chi connectivity index (χ0n) is 19.1. The first kappa shape index (κ1) is 23.6. The number of rotatable bonds is 3. The van der Waals surface area contributed by atoms with Crippen LogP contribution in [0.25, 0.3) is 22.8 Å². The van der Waals surface area contributed by atoms with Gasteiger partial charge in [-0.2, -0.15) is 18.2 Å². The number of piperazine rings is 1. The highest BCUT2D eigenvalue weighted by Gasteiger charge is 2.31. The summed E-state index contributed by atoms with van der Waals surface area (Å²) in [7, 11) is 0. The number of halogens is 3. The van der Waals surface area contributed by atoms with E-state index in [0.29, 0.717) is 31.7 Å². The fraction of sp³-hybridized carbons (Fsp3) is 0.375. The quantitative estimate of drug-likeness (QED) is 0.501. The highest BCUT2D eigenvalue weighted by atomic mass is 19.4. The Morgan fingerprint density at radius 1 is 0.971 bits per heavy atom. The van der Waals surface area contributed by atoms with E-state index in [1.807, 2.05) is 45.0 Å². The van der Waals surface area contributed by atoms with Crippen LogP contribution in [0, 0.1) is 0 Å². The maximum atomic E-state index is 13.0. The molecule has 1 aliphatic heterocycles. The number of ether oxygens (including phenoxy) is 1. The number of amides is 1. The maximum absolute atomic E-state index is 13.0. The van der Waals surface area contributed by atoms with Gasteiger partial charge in [-0.25, -0.2) is 4.79 Å². The monoisotopic (exact) mass is 474 g/mol. The molecular weight excluding hydrogens is 449 g/mol. The number of carbonyl (C=O) groups excluding carboxylic acids is 1. The molecule has 0 bridgehead atoms. The standard InChI is InChI=1S/C24H25F3N4O3/c1-23(2,3)33-22(32)31-13-11-30(12-14-31)19-9-7-16(8-10-19)20-28-21(34-29-20)17-5-4-6-18(15-17)24(25,26)27/h4-10,15H,11-14H2,1-3H3. The van der Waals surface area contributed by atoms with E-state index in [1.54, 1.807) is 4.90 Å². The van der Waals surface area contributed by atoms with Gasteiger partial charge in [0.2, 0.25) is 5.82 Å². The summed E-state index contributed by atoms with van der Waals surface area (Å²) in [6.07, 6.45) is -4.76. The van der Waals surface area contributed by atoms with Crippen molar-refractivity contribution in [2.24, 2.45) is 0 Å². The highest BCUT2D eigenvalue weighted by molar-refractivity contribution is 5.69. The van der Waals surface area contributed by atoms with Crippen LogP contribution >= 0.6 is 0 Å². The molecule has 0 unspecified atom stereocenters. The molecule has 4 rings (SSSR count). The second kappa shape index (κ2) is 9.00. The van der Waals surface area contributed by atoms with Crippen molar-refractivity contribution in [2.75, 3.05) is 31.1 Å². The molecule has 1 aromatic heterocycles. The lowest BCUT2D eigenvalue weighted by molar-refractivity contribution is -0.137. The molecule has 10 heteroatoms. The van der Waals surface area contributed by atoms with Crippen molar-refractivity contribution in [1.82, 2.24) is 15.0 Å². The predicted octanol–water partition coefficient (Wildman–Crippen LogP) is 5.48. The maximum Gasteiger partial charge on any atom is 0.416 e. The minimum absolute atomic E-state index is 0.0171. The normalized spacial score (nSPS) is 14.9. The van der Waals surface area contributed by atoms with Crippen molar-refractivity contribution < 1.29 is 27.2 Å². The molecule has 1 fully saturated rings. The number of nitrogens with zero attached hydrogens (tertiary/aromatic N) is 4. The number of alkyl halides is 3. The first-order valence-electron chi connectivity index (χ1n) is 10.8. The summed E-state index contributed by atoms with van der Waals surface area (Å²) in [4.78, 5) is 20.4. The van der Waals surface area contributed by atoms with Crippen molar-refractivity contribution in [3.63, 3.8) is 0 Å². The van der Waals surface area contributed by atoms with Crippen LogP contribution in [0.3, 0.4) is 0 Å². The van der Waals surface area contributed by atoms with Gasteiger partial charge >= 0.3 is 12.3 Å². The third-order valence-corrected chi connectivity index (χ3v) is 5.28. The summed E-state index contributed by atoms with van der Waals surface area (Å²) in [6.45, 7) is 7.98. The summed E-state index contributed by atoms with van der Waals surface area (Å²) in [5, 5.41) is 3.92. The van der Waals surface area contributed by atoms with Crippen molar-refractivity contribution in [2.45, 2.75) is 32.5 Å². The highest BCUT2D eigenvalue weighted by Crippen LogP contribution is 2.32. The van der Waals surface area contributed by atoms with Gasteiger partial charge < -0.3 is 19.1 Å². The van der Waals surface area contributed by atoms with Crippen molar-refractivity contribution in [3.05, 3.63) is 54.1 Å².